The van der Waals surface area contributed by atoms with Crippen molar-refractivity contribution < 1.29 is 14.3 Å². The number of ketones is 1. The van der Waals surface area contributed by atoms with E-state index < -0.39 is 11.0 Å². The zero-order valence-corrected chi connectivity index (χ0v) is 22.2. The van der Waals surface area contributed by atoms with Gasteiger partial charge >= 0.3 is 5.97 Å². The average molecular weight is 474 g/mol. The number of fused-ring (bicyclic) bond motifs is 1. The standard InChI is InChI=1S/C31H39NO3/c1-8-24-26(28(34)35-9-2)27(31(7)25(33)18-29(4,5)19-30(31,6)32-24)22-15-16-23(20(3)17-22)21-13-11-10-12-14-21/h10-17,27,32H,8-9,18-19H2,1-7H3. The van der Waals surface area contributed by atoms with Crippen LogP contribution in [-0.4, -0.2) is 23.9 Å². The number of rotatable bonds is 5. The SMILES string of the molecule is CCOC(=O)C1=C(CC)NC2(C)CC(C)(C)CC(=O)C2(C)C1c1ccc(-c2ccccc2)c(C)c1. The summed E-state index contributed by atoms with van der Waals surface area (Å²) < 4.78 is 5.57. The zero-order chi connectivity index (χ0) is 25.6. The topological polar surface area (TPSA) is 55.4 Å². The minimum absolute atomic E-state index is 0.115. The zero-order valence-electron chi connectivity index (χ0n) is 22.2. The lowest BCUT2D eigenvalue weighted by Gasteiger charge is -2.60. The number of carbonyl (C=O) groups is 2. The number of allylic oxidation sites excluding steroid dienone is 1. The highest BCUT2D eigenvalue weighted by atomic mass is 16.5. The lowest BCUT2D eigenvalue weighted by molar-refractivity contribution is -0.147. The first-order valence-electron chi connectivity index (χ1n) is 12.8. The highest BCUT2D eigenvalue weighted by molar-refractivity contribution is 5.97. The summed E-state index contributed by atoms with van der Waals surface area (Å²) in [6.07, 6.45) is 2.02. The van der Waals surface area contributed by atoms with E-state index in [0.717, 1.165) is 34.4 Å². The van der Waals surface area contributed by atoms with Gasteiger partial charge in [0.1, 0.15) is 5.78 Å². The Balaban J connectivity index is 1.95. The molecule has 186 valence electrons. The van der Waals surface area contributed by atoms with Gasteiger partial charge in [0.2, 0.25) is 0 Å². The van der Waals surface area contributed by atoms with Gasteiger partial charge in [0, 0.05) is 23.6 Å². The number of hydrogen-bond acceptors (Lipinski definition) is 4. The van der Waals surface area contributed by atoms with Crippen molar-refractivity contribution in [3.63, 3.8) is 0 Å². The van der Waals surface area contributed by atoms with Gasteiger partial charge in [0.25, 0.3) is 0 Å². The maximum atomic E-state index is 14.0. The summed E-state index contributed by atoms with van der Waals surface area (Å²) in [6.45, 7) is 14.9. The quantitative estimate of drug-likeness (QED) is 0.489. The van der Waals surface area contributed by atoms with Crippen LogP contribution in [0, 0.1) is 17.8 Å². The molecular weight excluding hydrogens is 434 g/mol. The molecule has 2 aromatic rings. The van der Waals surface area contributed by atoms with E-state index >= 15 is 0 Å². The summed E-state index contributed by atoms with van der Waals surface area (Å²) in [5.74, 6) is -0.502. The largest absolute Gasteiger partial charge is 0.463 e. The van der Waals surface area contributed by atoms with Crippen molar-refractivity contribution in [3.8, 4) is 11.1 Å². The summed E-state index contributed by atoms with van der Waals surface area (Å²) in [5.41, 5.74) is 4.55. The summed E-state index contributed by atoms with van der Waals surface area (Å²) in [5, 5.41) is 3.71. The Bertz CT molecular complexity index is 1180. The third-order valence-corrected chi connectivity index (χ3v) is 8.33. The molecule has 4 rings (SSSR count). The van der Waals surface area contributed by atoms with Crippen LogP contribution < -0.4 is 5.32 Å². The number of carbonyl (C=O) groups excluding carboxylic acids is 2. The minimum Gasteiger partial charge on any atom is -0.463 e. The second-order valence-corrected chi connectivity index (χ2v) is 11.4. The molecule has 1 aliphatic heterocycles. The number of esters is 1. The van der Waals surface area contributed by atoms with Crippen molar-refractivity contribution >= 4 is 11.8 Å². The van der Waals surface area contributed by atoms with Crippen LogP contribution in [0.5, 0.6) is 0 Å². The molecule has 35 heavy (non-hydrogen) atoms. The van der Waals surface area contributed by atoms with E-state index in [-0.39, 0.29) is 23.1 Å². The van der Waals surface area contributed by atoms with Gasteiger partial charge in [-0.15, -0.1) is 0 Å². The Hall–Kier alpha value is -2.88. The molecule has 4 nitrogen and oxygen atoms in total. The second-order valence-electron chi connectivity index (χ2n) is 11.4. The molecule has 4 heteroatoms. The molecule has 0 aromatic heterocycles. The third-order valence-electron chi connectivity index (χ3n) is 8.33. The van der Waals surface area contributed by atoms with Crippen molar-refractivity contribution in [2.24, 2.45) is 10.8 Å². The summed E-state index contributed by atoms with van der Waals surface area (Å²) in [4.78, 5) is 27.5. The summed E-state index contributed by atoms with van der Waals surface area (Å²) >= 11 is 0. The predicted octanol–water partition coefficient (Wildman–Crippen LogP) is 6.73. The first-order chi connectivity index (χ1) is 16.5. The van der Waals surface area contributed by atoms with Gasteiger partial charge in [0.15, 0.2) is 0 Å². The molecule has 0 spiro atoms. The molecule has 0 saturated heterocycles. The Morgan fingerprint density at radius 2 is 1.74 bits per heavy atom. The van der Waals surface area contributed by atoms with E-state index in [9.17, 15) is 9.59 Å². The lowest BCUT2D eigenvalue weighted by Crippen LogP contribution is -2.68. The van der Waals surface area contributed by atoms with E-state index in [2.05, 4.69) is 77.2 Å². The van der Waals surface area contributed by atoms with Gasteiger partial charge in [0.05, 0.1) is 17.6 Å². The van der Waals surface area contributed by atoms with Gasteiger partial charge in [-0.2, -0.15) is 0 Å². The van der Waals surface area contributed by atoms with Crippen LogP contribution in [-0.2, 0) is 14.3 Å². The van der Waals surface area contributed by atoms with Crippen molar-refractivity contribution in [2.75, 3.05) is 6.61 Å². The maximum Gasteiger partial charge on any atom is 0.336 e. The minimum atomic E-state index is -0.788. The van der Waals surface area contributed by atoms with Gasteiger partial charge in [-0.1, -0.05) is 69.3 Å². The Kier molecular flexibility index (Phi) is 6.46. The fraction of sp³-hybridized carbons (Fsp3) is 0.484. The van der Waals surface area contributed by atoms with Crippen LogP contribution >= 0.6 is 0 Å². The summed E-state index contributed by atoms with van der Waals surface area (Å²) in [6, 6.07) is 16.7. The van der Waals surface area contributed by atoms with Crippen molar-refractivity contribution in [2.45, 2.75) is 79.2 Å². The van der Waals surface area contributed by atoms with Crippen molar-refractivity contribution in [1.82, 2.24) is 5.32 Å². The van der Waals surface area contributed by atoms with Gasteiger partial charge in [-0.3, -0.25) is 4.79 Å². The van der Waals surface area contributed by atoms with Gasteiger partial charge in [-0.25, -0.2) is 4.79 Å². The summed E-state index contributed by atoms with van der Waals surface area (Å²) in [7, 11) is 0. The molecule has 2 aromatic carbocycles. The smallest absolute Gasteiger partial charge is 0.336 e. The first-order valence-corrected chi connectivity index (χ1v) is 12.8. The van der Waals surface area contributed by atoms with Crippen LogP contribution in [0.4, 0.5) is 0 Å². The van der Waals surface area contributed by atoms with E-state index in [0.29, 0.717) is 25.0 Å². The fourth-order valence-electron chi connectivity index (χ4n) is 6.68. The molecule has 1 saturated carbocycles. The molecule has 0 amide bonds. The predicted molar refractivity (Wildman–Crippen MR) is 141 cm³/mol. The molecule has 0 bridgehead atoms. The number of aryl methyl sites for hydroxylation is 1. The molecule has 1 N–H and O–H groups in total. The molecule has 1 fully saturated rings. The van der Waals surface area contributed by atoms with Gasteiger partial charge < -0.3 is 10.1 Å². The maximum absolute atomic E-state index is 14.0. The fourth-order valence-corrected chi connectivity index (χ4v) is 6.68. The highest BCUT2D eigenvalue weighted by Gasteiger charge is 2.64. The molecule has 2 aliphatic rings. The monoisotopic (exact) mass is 473 g/mol. The van der Waals surface area contributed by atoms with E-state index in [1.54, 1.807) is 0 Å². The third kappa shape index (κ3) is 4.11. The number of hydrogen-bond donors (Lipinski definition) is 1. The highest BCUT2D eigenvalue weighted by Crippen LogP contribution is 2.60. The molecular formula is C31H39NO3. The number of benzene rings is 2. The Labute approximate surface area is 210 Å². The number of Topliss-reactive ketones (excluding diaryl/α,β-unsaturated/α-hetero) is 1. The molecule has 1 heterocycles. The van der Waals surface area contributed by atoms with Crippen LogP contribution in [0.3, 0.4) is 0 Å². The van der Waals surface area contributed by atoms with Crippen LogP contribution in [0.15, 0.2) is 59.8 Å². The molecule has 1 aliphatic carbocycles. The molecule has 3 unspecified atom stereocenters. The number of ether oxygens (including phenoxy) is 1. The van der Waals surface area contributed by atoms with Crippen molar-refractivity contribution in [1.29, 1.82) is 0 Å². The van der Waals surface area contributed by atoms with Crippen molar-refractivity contribution in [3.05, 3.63) is 70.9 Å². The lowest BCUT2D eigenvalue weighted by atomic mass is 9.47. The first kappa shape index (κ1) is 25.2. The normalized spacial score (nSPS) is 27.7. The Morgan fingerprint density at radius 1 is 1.06 bits per heavy atom. The van der Waals surface area contributed by atoms with Gasteiger partial charge in [-0.05, 0) is 68.2 Å². The van der Waals surface area contributed by atoms with E-state index in [1.807, 2.05) is 25.1 Å². The van der Waals surface area contributed by atoms with Crippen LogP contribution in [0.1, 0.15) is 77.8 Å². The van der Waals surface area contributed by atoms with Crippen LogP contribution in [0.2, 0.25) is 0 Å². The molecule has 3 atom stereocenters. The van der Waals surface area contributed by atoms with Crippen LogP contribution in [0.25, 0.3) is 11.1 Å². The average Bonchev–Trinajstić information content (AvgIpc) is 2.79. The molecule has 0 radical (unpaired) electrons. The Morgan fingerprint density at radius 3 is 2.34 bits per heavy atom. The number of nitrogens with one attached hydrogen (secondary N) is 1. The van der Waals surface area contributed by atoms with E-state index in [1.165, 1.54) is 0 Å². The second kappa shape index (κ2) is 8.96. The van der Waals surface area contributed by atoms with E-state index in [4.69, 9.17) is 4.74 Å².